The van der Waals surface area contributed by atoms with E-state index in [4.69, 9.17) is 9.47 Å². The van der Waals surface area contributed by atoms with Crippen molar-refractivity contribution in [3.05, 3.63) is 70.1 Å². The number of carbonyl (C=O) groups is 1. The Balaban J connectivity index is 1.64. The molecule has 29 heavy (non-hydrogen) atoms. The number of carbonyl (C=O) groups excluding carboxylic acids is 1. The molecule has 0 saturated carbocycles. The van der Waals surface area contributed by atoms with Gasteiger partial charge in [-0.25, -0.2) is 4.68 Å². The van der Waals surface area contributed by atoms with Crippen LogP contribution in [0, 0.1) is 0 Å². The van der Waals surface area contributed by atoms with Crippen molar-refractivity contribution < 1.29 is 27.4 Å². The van der Waals surface area contributed by atoms with Crippen LogP contribution in [0.25, 0.3) is 5.69 Å². The van der Waals surface area contributed by atoms with E-state index in [1.807, 2.05) is 5.10 Å². The molecule has 0 bridgehead atoms. The number of benzene rings is 2. The van der Waals surface area contributed by atoms with Gasteiger partial charge in [-0.15, -0.1) is 0 Å². The van der Waals surface area contributed by atoms with Crippen molar-refractivity contribution in [1.29, 1.82) is 0 Å². The third kappa shape index (κ3) is 3.44. The maximum atomic E-state index is 12.9. The van der Waals surface area contributed by atoms with Crippen molar-refractivity contribution in [3.63, 3.8) is 0 Å². The Morgan fingerprint density at radius 2 is 1.86 bits per heavy atom. The molecule has 2 aromatic carbocycles. The van der Waals surface area contributed by atoms with E-state index in [2.05, 4.69) is 0 Å². The molecule has 150 valence electrons. The largest absolute Gasteiger partial charge is 0.454 e. The Morgan fingerprint density at radius 1 is 1.10 bits per heavy atom. The minimum Gasteiger partial charge on any atom is -0.454 e. The number of rotatable bonds is 3. The monoisotopic (exact) mass is 405 g/mol. The van der Waals surface area contributed by atoms with Crippen LogP contribution >= 0.6 is 0 Å². The van der Waals surface area contributed by atoms with Crippen LogP contribution in [0.3, 0.4) is 0 Å². The van der Waals surface area contributed by atoms with E-state index in [1.54, 1.807) is 25.2 Å². The molecule has 0 atom stereocenters. The molecule has 1 aliphatic heterocycles. The molecule has 1 amide bonds. The zero-order valence-corrected chi connectivity index (χ0v) is 15.0. The molecule has 0 unspecified atom stereocenters. The molecule has 1 aliphatic rings. The minimum atomic E-state index is -4.68. The number of nitrogens with zero attached hydrogens (tertiary/aromatic N) is 2. The highest BCUT2D eigenvalue weighted by molar-refractivity contribution is 6.06. The highest BCUT2D eigenvalue weighted by Gasteiger charge is 2.33. The second-order valence-electron chi connectivity index (χ2n) is 6.29. The van der Waals surface area contributed by atoms with Crippen LogP contribution in [0.15, 0.2) is 53.3 Å². The van der Waals surface area contributed by atoms with E-state index in [-0.39, 0.29) is 18.0 Å². The fraction of sp³-hybridized carbons (Fsp3) is 0.158. The summed E-state index contributed by atoms with van der Waals surface area (Å²) in [5.41, 5.74) is -1.21. The van der Waals surface area contributed by atoms with Crippen molar-refractivity contribution in [3.8, 4) is 17.2 Å². The van der Waals surface area contributed by atoms with E-state index in [9.17, 15) is 22.8 Å². The second-order valence-corrected chi connectivity index (χ2v) is 6.29. The third-order valence-corrected chi connectivity index (χ3v) is 4.43. The number of hydrogen-bond acceptors (Lipinski definition) is 4. The van der Waals surface area contributed by atoms with E-state index >= 15 is 0 Å². The molecule has 0 spiro atoms. The standard InChI is InChI=1S/C19H14F3N3O4/c1-24(12-5-6-14-15(8-12)29-10-28-14)18(27)11-3-2-4-13(7-11)25-17(26)9-16(23-25)19(20,21)22/h2-9,23H,10H2,1H3. The van der Waals surface area contributed by atoms with Crippen molar-refractivity contribution in [2.75, 3.05) is 18.7 Å². The quantitative estimate of drug-likeness (QED) is 0.726. The molecule has 0 saturated heterocycles. The lowest BCUT2D eigenvalue weighted by atomic mass is 10.1. The number of hydrogen-bond donors (Lipinski definition) is 1. The maximum absolute atomic E-state index is 12.9. The van der Waals surface area contributed by atoms with Gasteiger partial charge >= 0.3 is 6.18 Å². The van der Waals surface area contributed by atoms with E-state index in [0.29, 0.717) is 23.3 Å². The van der Waals surface area contributed by atoms with Crippen LogP contribution < -0.4 is 19.9 Å². The number of aromatic amines is 1. The van der Waals surface area contributed by atoms with Gasteiger partial charge in [0, 0.05) is 30.4 Å². The Morgan fingerprint density at radius 3 is 2.59 bits per heavy atom. The SMILES string of the molecule is CN(C(=O)c1cccc(-n2[nH]c(C(F)(F)F)cc2=O)c1)c1ccc2c(c1)OCO2. The summed E-state index contributed by atoms with van der Waals surface area (Å²) >= 11 is 0. The first kappa shape index (κ1) is 18.7. The normalized spacial score (nSPS) is 12.8. The Labute approximate surface area is 161 Å². The molecule has 0 fully saturated rings. The zero-order chi connectivity index (χ0) is 20.8. The number of nitrogens with one attached hydrogen (secondary N) is 1. The molecule has 7 nitrogen and oxygen atoms in total. The Hall–Kier alpha value is -3.69. The lowest BCUT2D eigenvalue weighted by molar-refractivity contribution is -0.141. The molecular weight excluding hydrogens is 391 g/mol. The number of anilines is 1. The number of aromatic nitrogens is 2. The van der Waals surface area contributed by atoms with Crippen molar-refractivity contribution in [2.24, 2.45) is 0 Å². The summed E-state index contributed by atoms with van der Waals surface area (Å²) in [5.74, 6) is 0.665. The van der Waals surface area contributed by atoms with Gasteiger partial charge in [0.2, 0.25) is 6.79 Å². The van der Waals surface area contributed by atoms with Crippen LogP contribution in [0.5, 0.6) is 11.5 Å². The lowest BCUT2D eigenvalue weighted by Gasteiger charge is -2.18. The molecule has 0 radical (unpaired) electrons. The van der Waals surface area contributed by atoms with E-state index in [1.165, 1.54) is 29.2 Å². The lowest BCUT2D eigenvalue weighted by Crippen LogP contribution is -2.26. The van der Waals surface area contributed by atoms with Gasteiger partial charge in [-0.3, -0.25) is 14.7 Å². The summed E-state index contributed by atoms with van der Waals surface area (Å²) in [4.78, 5) is 26.2. The van der Waals surface area contributed by atoms with Crippen molar-refractivity contribution >= 4 is 11.6 Å². The molecule has 0 aliphatic carbocycles. The first-order valence-electron chi connectivity index (χ1n) is 8.41. The van der Waals surface area contributed by atoms with Gasteiger partial charge in [-0.05, 0) is 30.3 Å². The fourth-order valence-corrected chi connectivity index (χ4v) is 2.92. The fourth-order valence-electron chi connectivity index (χ4n) is 2.92. The highest BCUT2D eigenvalue weighted by Crippen LogP contribution is 2.35. The Kier molecular flexibility index (Phi) is 4.33. The first-order valence-corrected chi connectivity index (χ1v) is 8.41. The first-order chi connectivity index (χ1) is 13.7. The number of halogens is 3. The third-order valence-electron chi connectivity index (χ3n) is 4.43. The highest BCUT2D eigenvalue weighted by atomic mass is 19.4. The summed E-state index contributed by atoms with van der Waals surface area (Å²) in [7, 11) is 1.55. The van der Waals surface area contributed by atoms with E-state index in [0.717, 1.165) is 4.68 Å². The van der Waals surface area contributed by atoms with Gasteiger partial charge < -0.3 is 14.4 Å². The molecule has 3 aromatic rings. The van der Waals surface area contributed by atoms with Gasteiger partial charge in [-0.2, -0.15) is 13.2 Å². The van der Waals surface area contributed by atoms with Crippen molar-refractivity contribution in [1.82, 2.24) is 9.78 Å². The molecule has 4 rings (SSSR count). The summed E-state index contributed by atoms with van der Waals surface area (Å²) < 4.78 is 49.8. The van der Waals surface area contributed by atoms with Gasteiger partial charge in [0.1, 0.15) is 5.69 Å². The molecular formula is C19H14F3N3O4. The van der Waals surface area contributed by atoms with Gasteiger partial charge in [0.05, 0.1) is 5.69 Å². The predicted octanol–water partition coefficient (Wildman–Crippen LogP) is 3.19. The number of ether oxygens (including phenoxy) is 2. The summed E-state index contributed by atoms with van der Waals surface area (Å²) in [5, 5.41) is 2.02. The number of fused-ring (bicyclic) bond motifs is 1. The van der Waals surface area contributed by atoms with Gasteiger partial charge in [-0.1, -0.05) is 6.07 Å². The molecule has 1 N–H and O–H groups in total. The van der Waals surface area contributed by atoms with Crippen molar-refractivity contribution in [2.45, 2.75) is 6.18 Å². The average Bonchev–Trinajstić information content (AvgIpc) is 3.32. The molecule has 10 heteroatoms. The summed E-state index contributed by atoms with van der Waals surface area (Å²) in [6, 6.07) is 11.2. The topological polar surface area (TPSA) is 76.6 Å². The van der Waals surface area contributed by atoms with Gasteiger partial charge in [0.25, 0.3) is 11.5 Å². The summed E-state index contributed by atoms with van der Waals surface area (Å²) in [6.45, 7) is 0.101. The summed E-state index contributed by atoms with van der Waals surface area (Å²) in [6.07, 6.45) is -4.68. The van der Waals surface area contributed by atoms with Crippen LogP contribution in [0.2, 0.25) is 0 Å². The minimum absolute atomic E-state index is 0.101. The average molecular weight is 405 g/mol. The van der Waals surface area contributed by atoms with Crippen LogP contribution in [-0.4, -0.2) is 29.5 Å². The van der Waals surface area contributed by atoms with E-state index < -0.39 is 23.3 Å². The predicted molar refractivity (Wildman–Crippen MR) is 96.7 cm³/mol. The molecule has 1 aromatic heterocycles. The van der Waals surface area contributed by atoms with Crippen LogP contribution in [0.1, 0.15) is 16.1 Å². The van der Waals surface area contributed by atoms with Crippen LogP contribution in [-0.2, 0) is 6.18 Å². The second kappa shape index (κ2) is 6.73. The maximum Gasteiger partial charge on any atom is 0.432 e. The van der Waals surface area contributed by atoms with Crippen LogP contribution in [0.4, 0.5) is 18.9 Å². The smallest absolute Gasteiger partial charge is 0.432 e. The zero-order valence-electron chi connectivity index (χ0n) is 15.0. The Bertz CT molecular complexity index is 1150. The number of alkyl halides is 3. The number of amides is 1. The number of H-pyrrole nitrogens is 1. The molecule has 2 heterocycles. The van der Waals surface area contributed by atoms with Gasteiger partial charge in [0.15, 0.2) is 11.5 Å².